The summed E-state index contributed by atoms with van der Waals surface area (Å²) in [6.45, 7) is 6.75. The molecule has 0 unspecified atom stereocenters. The van der Waals surface area contributed by atoms with Gasteiger partial charge in [0.15, 0.2) is 0 Å². The van der Waals surface area contributed by atoms with Crippen molar-refractivity contribution in [1.82, 2.24) is 0 Å². The predicted octanol–water partition coefficient (Wildman–Crippen LogP) is 2.82. The van der Waals surface area contributed by atoms with E-state index in [0.717, 1.165) is 12.8 Å². The summed E-state index contributed by atoms with van der Waals surface area (Å²) in [5, 5.41) is 8.23. The maximum Gasteiger partial charge on any atom is 0.207 e. The Labute approximate surface area is 87.0 Å². The van der Waals surface area contributed by atoms with Crippen LogP contribution in [0.2, 0.25) is 0 Å². The van der Waals surface area contributed by atoms with Gasteiger partial charge < -0.3 is 5.73 Å². The van der Waals surface area contributed by atoms with Crippen LogP contribution in [0, 0.1) is 16.9 Å². The van der Waals surface area contributed by atoms with Gasteiger partial charge in [-0.3, -0.25) is 0 Å². The molecule has 0 atom stereocenters. The molecule has 0 aromatic carbocycles. The van der Waals surface area contributed by atoms with Crippen molar-refractivity contribution in [2.45, 2.75) is 52.9 Å². The van der Waals surface area contributed by atoms with Crippen LogP contribution in [0.5, 0.6) is 0 Å². The molecule has 0 aromatic rings. The van der Waals surface area contributed by atoms with Gasteiger partial charge in [-0.1, -0.05) is 33.6 Å². The first-order valence-electron chi connectivity index (χ1n) is 5.17. The van der Waals surface area contributed by atoms with E-state index in [2.05, 4.69) is 25.8 Å². The van der Waals surface area contributed by atoms with Gasteiger partial charge in [-0.05, 0) is 18.3 Å². The van der Waals surface area contributed by atoms with Gasteiger partial charge in [0.05, 0.1) is 0 Å². The molecule has 2 N–H and O–H groups in total. The van der Waals surface area contributed by atoms with Crippen LogP contribution in [0.4, 0.5) is 0 Å². The zero-order valence-electron chi connectivity index (χ0n) is 9.51. The minimum atomic E-state index is 0.423. The normalized spacial score (nSPS) is 12.6. The molecule has 0 aliphatic heterocycles. The molecule has 0 radical (unpaired) electrons. The van der Waals surface area contributed by atoms with Crippen molar-refractivity contribution in [3.63, 3.8) is 0 Å². The highest BCUT2D eigenvalue weighted by molar-refractivity contribution is 5.80. The number of hydrogen-bond acceptors (Lipinski definition) is 2. The van der Waals surface area contributed by atoms with Gasteiger partial charge in [-0.25, -0.2) is 0 Å². The highest BCUT2D eigenvalue weighted by Gasteiger charge is 2.08. The van der Waals surface area contributed by atoms with Gasteiger partial charge >= 0.3 is 0 Å². The van der Waals surface area contributed by atoms with E-state index >= 15 is 0 Å². The van der Waals surface area contributed by atoms with Gasteiger partial charge in [-0.2, -0.15) is 10.3 Å². The third-order valence-electron chi connectivity index (χ3n) is 2.05. The lowest BCUT2D eigenvalue weighted by molar-refractivity contribution is 0.359. The van der Waals surface area contributed by atoms with E-state index in [1.165, 1.54) is 19.3 Å². The summed E-state index contributed by atoms with van der Waals surface area (Å²) in [4.78, 5) is 3.47. The van der Waals surface area contributed by atoms with Crippen LogP contribution in [0.3, 0.4) is 0 Å². The first kappa shape index (κ1) is 13.0. The molecule has 0 amide bonds. The minimum Gasteiger partial charge on any atom is -0.386 e. The van der Waals surface area contributed by atoms with Gasteiger partial charge in [0.2, 0.25) is 6.19 Å². The van der Waals surface area contributed by atoms with Crippen molar-refractivity contribution >= 4 is 5.84 Å². The first-order chi connectivity index (χ1) is 6.45. The predicted molar refractivity (Wildman–Crippen MR) is 59.8 cm³/mol. The topological polar surface area (TPSA) is 62.2 Å². The van der Waals surface area contributed by atoms with Crippen molar-refractivity contribution < 1.29 is 0 Å². The zero-order chi connectivity index (χ0) is 11.0. The van der Waals surface area contributed by atoms with Crippen LogP contribution in [0.25, 0.3) is 0 Å². The molecule has 0 aromatic heterocycles. The highest BCUT2D eigenvalue weighted by atomic mass is 14.8. The molecule has 0 aliphatic rings. The SMILES string of the molecule is CC(C)(C)CCCCCC(N)=NC#N. The van der Waals surface area contributed by atoms with Gasteiger partial charge in [0, 0.05) is 6.42 Å². The maximum absolute atomic E-state index is 8.23. The Bertz CT molecular complexity index is 218. The summed E-state index contributed by atoms with van der Waals surface area (Å²) in [7, 11) is 0. The second-order valence-electron chi connectivity index (χ2n) is 4.82. The van der Waals surface area contributed by atoms with Crippen molar-refractivity contribution in [3.8, 4) is 6.19 Å². The Morgan fingerprint density at radius 1 is 1.29 bits per heavy atom. The second-order valence-corrected chi connectivity index (χ2v) is 4.82. The molecule has 0 aliphatic carbocycles. The number of unbranched alkanes of at least 4 members (excludes halogenated alkanes) is 2. The summed E-state index contributed by atoms with van der Waals surface area (Å²) in [6, 6.07) is 0. The zero-order valence-corrected chi connectivity index (χ0v) is 9.51. The Kier molecular flexibility index (Phi) is 5.94. The van der Waals surface area contributed by atoms with Crippen LogP contribution in [-0.4, -0.2) is 5.84 Å². The van der Waals surface area contributed by atoms with Crippen LogP contribution >= 0.6 is 0 Å². The summed E-state index contributed by atoms with van der Waals surface area (Å²) >= 11 is 0. The van der Waals surface area contributed by atoms with Gasteiger partial charge in [-0.15, -0.1) is 0 Å². The van der Waals surface area contributed by atoms with E-state index in [1.807, 2.05) is 0 Å². The standard InChI is InChI=1S/C11H21N3/c1-11(2,3)8-6-4-5-7-10(13)14-9-12/h4-8H2,1-3H3,(H2,13,14). The molecule has 0 heterocycles. The molecule has 80 valence electrons. The highest BCUT2D eigenvalue weighted by Crippen LogP contribution is 2.22. The largest absolute Gasteiger partial charge is 0.386 e. The van der Waals surface area contributed by atoms with Crippen molar-refractivity contribution in [1.29, 1.82) is 5.26 Å². The van der Waals surface area contributed by atoms with Crippen molar-refractivity contribution in [2.75, 3.05) is 0 Å². The molecule has 3 nitrogen and oxygen atoms in total. The number of hydrogen-bond donors (Lipinski definition) is 1. The molecular formula is C11H21N3. The van der Waals surface area contributed by atoms with E-state index < -0.39 is 0 Å². The summed E-state index contributed by atoms with van der Waals surface area (Å²) in [5.74, 6) is 0.461. The van der Waals surface area contributed by atoms with Crippen molar-refractivity contribution in [2.24, 2.45) is 16.1 Å². The van der Waals surface area contributed by atoms with Crippen LogP contribution in [0.1, 0.15) is 52.9 Å². The Morgan fingerprint density at radius 3 is 2.43 bits per heavy atom. The first-order valence-corrected chi connectivity index (χ1v) is 5.17. The maximum atomic E-state index is 8.23. The lowest BCUT2D eigenvalue weighted by Crippen LogP contribution is -2.10. The Balaban J connectivity index is 3.40. The Morgan fingerprint density at radius 2 is 1.93 bits per heavy atom. The second kappa shape index (κ2) is 6.42. The number of nitrogens with zero attached hydrogens (tertiary/aromatic N) is 2. The molecule has 0 fully saturated rings. The summed E-state index contributed by atoms with van der Waals surface area (Å²) in [5.41, 5.74) is 5.90. The van der Waals surface area contributed by atoms with E-state index in [4.69, 9.17) is 11.0 Å². The number of aliphatic imine (C=N–C) groups is 1. The van der Waals surface area contributed by atoms with E-state index in [9.17, 15) is 0 Å². The fourth-order valence-corrected chi connectivity index (χ4v) is 1.26. The molecule has 0 rings (SSSR count). The summed E-state index contributed by atoms with van der Waals surface area (Å²) in [6.07, 6.45) is 7.11. The number of nitriles is 1. The monoisotopic (exact) mass is 195 g/mol. The fraction of sp³-hybridized carbons (Fsp3) is 0.818. The number of amidine groups is 1. The summed E-state index contributed by atoms with van der Waals surface area (Å²) < 4.78 is 0. The lowest BCUT2D eigenvalue weighted by atomic mass is 9.89. The van der Waals surface area contributed by atoms with Crippen molar-refractivity contribution in [3.05, 3.63) is 0 Å². The average Bonchev–Trinajstić information content (AvgIpc) is 2.02. The molecule has 3 heteroatoms. The molecule has 0 saturated heterocycles. The number of rotatable bonds is 5. The molecule has 0 spiro atoms. The van der Waals surface area contributed by atoms with E-state index in [0.29, 0.717) is 11.3 Å². The third kappa shape index (κ3) is 9.05. The van der Waals surface area contributed by atoms with Gasteiger partial charge in [0.25, 0.3) is 0 Å². The van der Waals surface area contributed by atoms with E-state index in [1.54, 1.807) is 6.19 Å². The van der Waals surface area contributed by atoms with E-state index in [-0.39, 0.29) is 0 Å². The Hall–Kier alpha value is -1.04. The van der Waals surface area contributed by atoms with Crippen LogP contribution < -0.4 is 5.73 Å². The number of nitrogens with two attached hydrogens (primary N) is 1. The smallest absolute Gasteiger partial charge is 0.207 e. The fourth-order valence-electron chi connectivity index (χ4n) is 1.26. The quantitative estimate of drug-likeness (QED) is 0.317. The molecule has 0 bridgehead atoms. The third-order valence-corrected chi connectivity index (χ3v) is 2.05. The molecule has 0 saturated carbocycles. The lowest BCUT2D eigenvalue weighted by Gasteiger charge is -2.17. The molecule has 14 heavy (non-hydrogen) atoms. The average molecular weight is 195 g/mol. The molecular weight excluding hydrogens is 174 g/mol. The van der Waals surface area contributed by atoms with Crippen LogP contribution in [-0.2, 0) is 0 Å². The minimum absolute atomic E-state index is 0.423. The van der Waals surface area contributed by atoms with Crippen LogP contribution in [0.15, 0.2) is 4.99 Å². The van der Waals surface area contributed by atoms with Gasteiger partial charge in [0.1, 0.15) is 5.84 Å².